The van der Waals surface area contributed by atoms with Crippen molar-refractivity contribution in [2.75, 3.05) is 26.2 Å². The molecule has 1 saturated heterocycles. The molecule has 0 aliphatic carbocycles. The lowest BCUT2D eigenvalue weighted by molar-refractivity contribution is 0.0628. The molecule has 6 nitrogen and oxygen atoms in total. The van der Waals surface area contributed by atoms with E-state index in [4.69, 9.17) is 4.98 Å². The van der Waals surface area contributed by atoms with Crippen LogP contribution in [0.1, 0.15) is 15.4 Å². The predicted octanol–water partition coefficient (Wildman–Crippen LogP) is 3.91. The van der Waals surface area contributed by atoms with Crippen LogP contribution < -0.4 is 0 Å². The molecule has 2 aromatic carbocycles. The summed E-state index contributed by atoms with van der Waals surface area (Å²) in [6.45, 7) is 3.73. The number of rotatable bonds is 4. The van der Waals surface area contributed by atoms with Crippen molar-refractivity contribution in [3.05, 3.63) is 64.2 Å². The van der Waals surface area contributed by atoms with Crippen LogP contribution in [0.2, 0.25) is 0 Å². The number of hydrogen-bond donors (Lipinski definition) is 0. The Kier molecular flexibility index (Phi) is 5.24. The van der Waals surface area contributed by atoms with Gasteiger partial charge in [0, 0.05) is 42.7 Å². The highest BCUT2D eigenvalue weighted by Crippen LogP contribution is 2.23. The Morgan fingerprint density at radius 3 is 2.57 bits per heavy atom. The van der Waals surface area contributed by atoms with Gasteiger partial charge in [-0.1, -0.05) is 0 Å². The second kappa shape index (κ2) is 8.17. The second-order valence-corrected chi connectivity index (χ2v) is 8.64. The molecule has 1 amide bonds. The van der Waals surface area contributed by atoms with Gasteiger partial charge in [-0.3, -0.25) is 9.69 Å². The van der Waals surface area contributed by atoms with Gasteiger partial charge in [-0.25, -0.2) is 9.37 Å². The summed E-state index contributed by atoms with van der Waals surface area (Å²) in [6.07, 6.45) is 0. The first-order chi connectivity index (χ1) is 14.7. The van der Waals surface area contributed by atoms with Gasteiger partial charge in [0.25, 0.3) is 5.91 Å². The maximum atomic E-state index is 13.1. The highest BCUT2D eigenvalue weighted by atomic mass is 32.1. The number of fused-ring (bicyclic) bond motifs is 1. The number of halogens is 1. The zero-order valence-corrected chi connectivity index (χ0v) is 17.6. The van der Waals surface area contributed by atoms with Crippen LogP contribution in [0.15, 0.2) is 47.8 Å². The highest BCUT2D eigenvalue weighted by Gasteiger charge is 2.23. The van der Waals surface area contributed by atoms with Gasteiger partial charge < -0.3 is 4.90 Å². The fourth-order valence-electron chi connectivity index (χ4n) is 3.53. The maximum Gasteiger partial charge on any atom is 0.254 e. The molecule has 1 aliphatic heterocycles. The highest BCUT2D eigenvalue weighted by molar-refractivity contribution is 7.09. The third-order valence-corrected chi connectivity index (χ3v) is 6.60. The zero-order valence-electron chi connectivity index (χ0n) is 16.0. The fraction of sp³-hybridized carbons (Fsp3) is 0.238. The monoisotopic (exact) mass is 439 g/mol. The van der Waals surface area contributed by atoms with E-state index in [1.54, 1.807) is 23.5 Å². The van der Waals surface area contributed by atoms with E-state index < -0.39 is 0 Å². The Bertz CT molecular complexity index is 1180. The van der Waals surface area contributed by atoms with Crippen molar-refractivity contribution in [1.29, 1.82) is 0 Å². The number of benzene rings is 2. The van der Waals surface area contributed by atoms with Crippen LogP contribution in [0.4, 0.5) is 4.39 Å². The minimum Gasteiger partial charge on any atom is -0.336 e. The van der Waals surface area contributed by atoms with Gasteiger partial charge >= 0.3 is 0 Å². The normalized spacial score (nSPS) is 15.0. The van der Waals surface area contributed by atoms with Crippen molar-refractivity contribution in [1.82, 2.24) is 23.5 Å². The number of carbonyl (C=O) groups excluding carboxylic acids is 1. The number of hydrogen-bond acceptors (Lipinski definition) is 7. The van der Waals surface area contributed by atoms with E-state index in [1.165, 1.54) is 12.1 Å². The SMILES string of the molecule is O=C(c1ccc2nsnc2c1)N1CCN(Cc2nc(-c3ccc(F)cc3)cs2)CC1. The molecule has 1 fully saturated rings. The number of nitrogens with zero attached hydrogens (tertiary/aromatic N) is 5. The molecule has 1 aliphatic rings. The molecular weight excluding hydrogens is 421 g/mol. The summed E-state index contributed by atoms with van der Waals surface area (Å²) in [5.41, 5.74) is 4.04. The molecule has 0 N–H and O–H groups in total. The van der Waals surface area contributed by atoms with E-state index in [-0.39, 0.29) is 11.7 Å². The molecule has 3 heterocycles. The molecule has 0 unspecified atom stereocenters. The predicted molar refractivity (Wildman–Crippen MR) is 116 cm³/mol. The molecule has 2 aromatic heterocycles. The van der Waals surface area contributed by atoms with E-state index in [9.17, 15) is 9.18 Å². The van der Waals surface area contributed by atoms with Crippen molar-refractivity contribution in [2.45, 2.75) is 6.54 Å². The molecular formula is C21H18FN5OS2. The fourth-order valence-corrected chi connectivity index (χ4v) is 4.90. The molecule has 0 atom stereocenters. The molecule has 9 heteroatoms. The molecule has 0 saturated carbocycles. The third-order valence-electron chi connectivity index (χ3n) is 5.21. The van der Waals surface area contributed by atoms with Gasteiger partial charge in [0.05, 0.1) is 24.0 Å². The molecule has 0 spiro atoms. The van der Waals surface area contributed by atoms with Crippen LogP contribution >= 0.6 is 23.1 Å². The maximum absolute atomic E-state index is 13.1. The van der Waals surface area contributed by atoms with E-state index in [0.717, 1.165) is 58.7 Å². The largest absolute Gasteiger partial charge is 0.336 e. The van der Waals surface area contributed by atoms with Crippen LogP contribution in [-0.2, 0) is 6.54 Å². The summed E-state index contributed by atoms with van der Waals surface area (Å²) < 4.78 is 21.5. The zero-order chi connectivity index (χ0) is 20.5. The minimum atomic E-state index is -0.246. The van der Waals surface area contributed by atoms with Crippen molar-refractivity contribution < 1.29 is 9.18 Å². The topological polar surface area (TPSA) is 62.2 Å². The number of thiazole rings is 1. The average molecular weight is 440 g/mol. The summed E-state index contributed by atoms with van der Waals surface area (Å²) in [4.78, 5) is 21.7. The second-order valence-electron chi connectivity index (χ2n) is 7.17. The van der Waals surface area contributed by atoms with Gasteiger partial charge in [0.1, 0.15) is 21.9 Å². The molecule has 30 heavy (non-hydrogen) atoms. The Morgan fingerprint density at radius 1 is 1.00 bits per heavy atom. The average Bonchev–Trinajstić information content (AvgIpc) is 3.43. The Hall–Kier alpha value is -2.75. The summed E-state index contributed by atoms with van der Waals surface area (Å²) in [6, 6.07) is 11.9. The summed E-state index contributed by atoms with van der Waals surface area (Å²) in [7, 11) is 0. The lowest BCUT2D eigenvalue weighted by Gasteiger charge is -2.34. The van der Waals surface area contributed by atoms with Gasteiger partial charge in [-0.15, -0.1) is 11.3 Å². The lowest BCUT2D eigenvalue weighted by atomic mass is 10.1. The summed E-state index contributed by atoms with van der Waals surface area (Å²) >= 11 is 2.77. The third kappa shape index (κ3) is 3.96. The van der Waals surface area contributed by atoms with E-state index >= 15 is 0 Å². The lowest BCUT2D eigenvalue weighted by Crippen LogP contribution is -2.48. The number of aromatic nitrogens is 3. The van der Waals surface area contributed by atoms with Crippen molar-refractivity contribution >= 4 is 40.0 Å². The summed E-state index contributed by atoms with van der Waals surface area (Å²) in [5.74, 6) is -0.206. The molecule has 5 rings (SSSR count). The van der Waals surface area contributed by atoms with Crippen LogP contribution in [0.3, 0.4) is 0 Å². The first-order valence-corrected chi connectivity index (χ1v) is 11.2. The first kappa shape index (κ1) is 19.2. The molecule has 0 bridgehead atoms. The minimum absolute atomic E-state index is 0.0393. The van der Waals surface area contributed by atoms with E-state index in [0.29, 0.717) is 18.7 Å². The van der Waals surface area contributed by atoms with Crippen LogP contribution in [0, 0.1) is 5.82 Å². The smallest absolute Gasteiger partial charge is 0.254 e. The first-order valence-electron chi connectivity index (χ1n) is 9.60. The molecule has 152 valence electrons. The number of carbonyl (C=O) groups is 1. The van der Waals surface area contributed by atoms with Crippen LogP contribution in [-0.4, -0.2) is 55.6 Å². The Morgan fingerprint density at radius 2 is 1.77 bits per heavy atom. The number of piperazine rings is 1. The molecule has 4 aromatic rings. The van der Waals surface area contributed by atoms with Crippen LogP contribution in [0.5, 0.6) is 0 Å². The van der Waals surface area contributed by atoms with Gasteiger partial charge in [0.2, 0.25) is 0 Å². The standard InChI is InChI=1S/C21H18FN5OS2/c22-16-4-1-14(2-5-16)19-13-29-20(23-19)12-26-7-9-27(10-8-26)21(28)15-3-6-17-18(11-15)25-30-24-17/h1-6,11,13H,7-10,12H2. The summed E-state index contributed by atoms with van der Waals surface area (Å²) in [5, 5.41) is 3.03. The van der Waals surface area contributed by atoms with Gasteiger partial charge in [0.15, 0.2) is 0 Å². The van der Waals surface area contributed by atoms with Gasteiger partial charge in [-0.05, 0) is 42.5 Å². The Balaban J connectivity index is 1.19. The van der Waals surface area contributed by atoms with Crippen molar-refractivity contribution in [3.63, 3.8) is 0 Å². The quantitative estimate of drug-likeness (QED) is 0.482. The molecule has 0 radical (unpaired) electrons. The van der Waals surface area contributed by atoms with Crippen LogP contribution in [0.25, 0.3) is 22.3 Å². The van der Waals surface area contributed by atoms with Crippen molar-refractivity contribution in [3.8, 4) is 11.3 Å². The number of amides is 1. The van der Waals surface area contributed by atoms with Crippen molar-refractivity contribution in [2.24, 2.45) is 0 Å². The Labute approximate surface area is 180 Å². The van der Waals surface area contributed by atoms with E-state index in [1.807, 2.05) is 28.5 Å². The van der Waals surface area contributed by atoms with E-state index in [2.05, 4.69) is 13.6 Å². The van der Waals surface area contributed by atoms with Gasteiger partial charge in [-0.2, -0.15) is 8.75 Å².